The number of carbonyl (C=O) groups excluding carboxylic acids is 1. The minimum absolute atomic E-state index is 0.0673. The van der Waals surface area contributed by atoms with Gasteiger partial charge < -0.3 is 4.74 Å². The highest BCUT2D eigenvalue weighted by atomic mass is 32.2. The minimum Gasteiger partial charge on any atom is -0.462 e. The summed E-state index contributed by atoms with van der Waals surface area (Å²) in [7, 11) is -3.56. The summed E-state index contributed by atoms with van der Waals surface area (Å²) in [4.78, 5) is 11.9. The number of sulfonamides is 1. The van der Waals surface area contributed by atoms with Crippen molar-refractivity contribution in [1.29, 1.82) is 0 Å². The fourth-order valence-electron chi connectivity index (χ4n) is 1.53. The number of nitrogens with one attached hydrogen (secondary N) is 1. The van der Waals surface area contributed by atoms with E-state index < -0.39 is 16.0 Å². The molecule has 0 heterocycles. The molecular formula is C14H21NO4S. The van der Waals surface area contributed by atoms with E-state index >= 15 is 0 Å². The van der Waals surface area contributed by atoms with Crippen molar-refractivity contribution in [2.75, 3.05) is 13.2 Å². The predicted molar refractivity (Wildman–Crippen MR) is 77.0 cm³/mol. The summed E-state index contributed by atoms with van der Waals surface area (Å²) < 4.78 is 31.2. The van der Waals surface area contributed by atoms with Gasteiger partial charge in [-0.25, -0.2) is 17.9 Å². The number of carbonyl (C=O) groups is 1. The van der Waals surface area contributed by atoms with E-state index in [0.717, 1.165) is 6.42 Å². The average Bonchev–Trinajstić information content (AvgIpc) is 2.38. The topological polar surface area (TPSA) is 72.5 Å². The van der Waals surface area contributed by atoms with Crippen LogP contribution in [0, 0.1) is 5.92 Å². The number of rotatable bonds is 7. The fraction of sp³-hybridized carbons (Fsp3) is 0.500. The molecule has 6 heteroatoms. The number of hydrogen-bond donors (Lipinski definition) is 1. The van der Waals surface area contributed by atoms with Crippen molar-refractivity contribution < 1.29 is 17.9 Å². The van der Waals surface area contributed by atoms with Crippen LogP contribution in [0.1, 0.15) is 37.6 Å². The third-order valence-electron chi connectivity index (χ3n) is 2.64. The third kappa shape index (κ3) is 4.94. The van der Waals surface area contributed by atoms with Crippen LogP contribution in [0.4, 0.5) is 0 Å². The standard InChI is InChI=1S/C14H21NO4S/c1-4-15-20(17,18)13-7-5-6-12(10-13)14(16)19-9-8-11(2)3/h5-7,10-11,15H,4,8-9H2,1-3H3. The van der Waals surface area contributed by atoms with E-state index in [0.29, 0.717) is 19.1 Å². The second-order valence-corrected chi connectivity index (χ2v) is 6.61. The molecular weight excluding hydrogens is 278 g/mol. The number of benzene rings is 1. The molecule has 1 N–H and O–H groups in total. The first kappa shape index (κ1) is 16.7. The van der Waals surface area contributed by atoms with E-state index in [2.05, 4.69) is 4.72 Å². The van der Waals surface area contributed by atoms with Crippen molar-refractivity contribution in [3.8, 4) is 0 Å². The highest BCUT2D eigenvalue weighted by Gasteiger charge is 2.15. The van der Waals surface area contributed by atoms with Gasteiger partial charge in [-0.2, -0.15) is 0 Å². The smallest absolute Gasteiger partial charge is 0.338 e. The summed E-state index contributed by atoms with van der Waals surface area (Å²) in [6.07, 6.45) is 0.779. The first-order chi connectivity index (χ1) is 9.36. The molecule has 1 aromatic carbocycles. The van der Waals surface area contributed by atoms with Crippen molar-refractivity contribution in [2.45, 2.75) is 32.1 Å². The summed E-state index contributed by atoms with van der Waals surface area (Å²) in [6, 6.07) is 5.85. The Labute approximate surface area is 120 Å². The Balaban J connectivity index is 2.80. The number of hydrogen-bond acceptors (Lipinski definition) is 4. The van der Waals surface area contributed by atoms with E-state index in [9.17, 15) is 13.2 Å². The van der Waals surface area contributed by atoms with Gasteiger partial charge in [-0.1, -0.05) is 26.8 Å². The molecule has 0 aliphatic heterocycles. The molecule has 0 amide bonds. The summed E-state index contributed by atoms with van der Waals surface area (Å²) in [5.41, 5.74) is 0.243. The van der Waals surface area contributed by atoms with Crippen molar-refractivity contribution in [3.63, 3.8) is 0 Å². The van der Waals surface area contributed by atoms with E-state index in [4.69, 9.17) is 4.74 Å². The van der Waals surface area contributed by atoms with Gasteiger partial charge in [0.25, 0.3) is 0 Å². The summed E-state index contributed by atoms with van der Waals surface area (Å²) >= 11 is 0. The van der Waals surface area contributed by atoms with Crippen molar-refractivity contribution in [3.05, 3.63) is 29.8 Å². The SMILES string of the molecule is CCNS(=O)(=O)c1cccc(C(=O)OCCC(C)C)c1. The Hall–Kier alpha value is -1.40. The largest absolute Gasteiger partial charge is 0.462 e. The zero-order valence-corrected chi connectivity index (χ0v) is 12.9. The zero-order chi connectivity index (χ0) is 15.2. The average molecular weight is 299 g/mol. The summed E-state index contributed by atoms with van der Waals surface area (Å²) in [6.45, 7) is 6.41. The van der Waals surface area contributed by atoms with E-state index in [1.807, 2.05) is 13.8 Å². The quantitative estimate of drug-likeness (QED) is 0.783. The number of esters is 1. The van der Waals surface area contributed by atoms with Gasteiger partial charge in [0.1, 0.15) is 0 Å². The molecule has 0 atom stereocenters. The van der Waals surface area contributed by atoms with Crippen LogP contribution in [-0.4, -0.2) is 27.5 Å². The van der Waals surface area contributed by atoms with Gasteiger partial charge in [-0.05, 0) is 30.5 Å². The van der Waals surface area contributed by atoms with E-state index in [1.165, 1.54) is 18.2 Å². The molecule has 0 aliphatic rings. The lowest BCUT2D eigenvalue weighted by Gasteiger charge is -2.08. The van der Waals surface area contributed by atoms with Crippen LogP contribution in [0.25, 0.3) is 0 Å². The van der Waals surface area contributed by atoms with Crippen LogP contribution in [0.15, 0.2) is 29.2 Å². The van der Waals surface area contributed by atoms with Crippen LogP contribution < -0.4 is 4.72 Å². The maximum Gasteiger partial charge on any atom is 0.338 e. The van der Waals surface area contributed by atoms with Crippen molar-refractivity contribution in [2.24, 2.45) is 5.92 Å². The van der Waals surface area contributed by atoms with Crippen LogP contribution in [0.3, 0.4) is 0 Å². The van der Waals surface area contributed by atoms with E-state index in [1.54, 1.807) is 13.0 Å². The molecule has 0 fully saturated rings. The molecule has 5 nitrogen and oxygen atoms in total. The Morgan fingerprint density at radius 1 is 1.35 bits per heavy atom. The molecule has 0 aliphatic carbocycles. The molecule has 1 aromatic rings. The second-order valence-electron chi connectivity index (χ2n) is 4.85. The van der Waals surface area contributed by atoms with Crippen LogP contribution >= 0.6 is 0 Å². The first-order valence-corrected chi connectivity index (χ1v) is 8.12. The normalized spacial score (nSPS) is 11.6. The second kappa shape index (κ2) is 7.40. The van der Waals surface area contributed by atoms with Crippen LogP contribution in [0.2, 0.25) is 0 Å². The monoisotopic (exact) mass is 299 g/mol. The molecule has 0 saturated heterocycles. The Morgan fingerprint density at radius 3 is 2.65 bits per heavy atom. The lowest BCUT2D eigenvalue weighted by molar-refractivity contribution is 0.0488. The van der Waals surface area contributed by atoms with Gasteiger partial charge >= 0.3 is 5.97 Å². The van der Waals surface area contributed by atoms with Gasteiger partial charge in [0.15, 0.2) is 0 Å². The molecule has 0 bridgehead atoms. The lowest BCUT2D eigenvalue weighted by Crippen LogP contribution is -2.23. The van der Waals surface area contributed by atoms with Gasteiger partial charge in [0.05, 0.1) is 17.1 Å². The molecule has 0 spiro atoms. The van der Waals surface area contributed by atoms with Crippen molar-refractivity contribution in [1.82, 2.24) is 4.72 Å². The Bertz CT molecular complexity index is 552. The maximum absolute atomic E-state index is 11.8. The van der Waals surface area contributed by atoms with E-state index in [-0.39, 0.29) is 10.5 Å². The molecule has 0 radical (unpaired) electrons. The highest BCUT2D eigenvalue weighted by molar-refractivity contribution is 7.89. The molecule has 0 saturated carbocycles. The minimum atomic E-state index is -3.56. The van der Waals surface area contributed by atoms with Crippen molar-refractivity contribution >= 4 is 16.0 Å². The fourth-order valence-corrected chi connectivity index (χ4v) is 2.62. The van der Waals surface area contributed by atoms with Gasteiger partial charge in [-0.3, -0.25) is 0 Å². The zero-order valence-electron chi connectivity index (χ0n) is 12.0. The number of ether oxygens (including phenoxy) is 1. The molecule has 0 unspecified atom stereocenters. The highest BCUT2D eigenvalue weighted by Crippen LogP contribution is 2.12. The molecule has 20 heavy (non-hydrogen) atoms. The Morgan fingerprint density at radius 2 is 2.05 bits per heavy atom. The maximum atomic E-state index is 11.8. The summed E-state index contributed by atoms with van der Waals surface area (Å²) in [5, 5.41) is 0. The van der Waals surface area contributed by atoms with Crippen LogP contribution in [-0.2, 0) is 14.8 Å². The third-order valence-corrected chi connectivity index (χ3v) is 4.19. The molecule has 0 aromatic heterocycles. The summed E-state index contributed by atoms with van der Waals surface area (Å²) in [5.74, 6) is -0.0533. The van der Waals surface area contributed by atoms with Gasteiger partial charge in [-0.15, -0.1) is 0 Å². The molecule has 1 rings (SSSR count). The molecule has 112 valence electrons. The Kier molecular flexibility index (Phi) is 6.16. The van der Waals surface area contributed by atoms with Gasteiger partial charge in [0, 0.05) is 6.54 Å². The van der Waals surface area contributed by atoms with Gasteiger partial charge in [0.2, 0.25) is 10.0 Å². The predicted octanol–water partition coefficient (Wildman–Crippen LogP) is 2.19. The first-order valence-electron chi connectivity index (χ1n) is 6.63. The lowest BCUT2D eigenvalue weighted by atomic mass is 10.1. The van der Waals surface area contributed by atoms with Crippen LogP contribution in [0.5, 0.6) is 0 Å².